The zero-order valence-electron chi connectivity index (χ0n) is 11.8. The van der Waals surface area contributed by atoms with E-state index in [4.69, 9.17) is 0 Å². The maximum absolute atomic E-state index is 12.2. The van der Waals surface area contributed by atoms with Crippen LogP contribution in [0.4, 0.5) is 18.9 Å². The minimum atomic E-state index is -4.67. The highest BCUT2D eigenvalue weighted by Crippen LogP contribution is 2.24. The minimum absolute atomic E-state index is 0.206. The summed E-state index contributed by atoms with van der Waals surface area (Å²) >= 11 is 0. The number of benzene rings is 2. The number of anilines is 1. The maximum Gasteiger partial charge on any atom is 0.573 e. The van der Waals surface area contributed by atoms with E-state index in [9.17, 15) is 13.2 Å². The molecule has 0 aromatic heterocycles. The quantitative estimate of drug-likeness (QED) is 0.873. The Kier molecular flexibility index (Phi) is 4.40. The van der Waals surface area contributed by atoms with Gasteiger partial charge in [0.2, 0.25) is 0 Å². The van der Waals surface area contributed by atoms with Crippen LogP contribution in [0.2, 0.25) is 0 Å². The molecule has 5 heteroatoms. The van der Waals surface area contributed by atoms with Crippen LogP contribution in [0.15, 0.2) is 42.5 Å². The van der Waals surface area contributed by atoms with E-state index in [1.54, 1.807) is 12.1 Å². The average molecular weight is 295 g/mol. The summed E-state index contributed by atoms with van der Waals surface area (Å²) in [6, 6.07) is 12.0. The first kappa shape index (κ1) is 15.2. The highest BCUT2D eigenvalue weighted by atomic mass is 19.4. The Morgan fingerprint density at radius 2 is 1.81 bits per heavy atom. The molecule has 0 aliphatic rings. The van der Waals surface area contributed by atoms with Crippen LogP contribution < -0.4 is 10.1 Å². The van der Waals surface area contributed by atoms with Gasteiger partial charge < -0.3 is 10.1 Å². The number of hydrogen-bond donors (Lipinski definition) is 1. The second-order valence-corrected chi connectivity index (χ2v) is 4.87. The van der Waals surface area contributed by atoms with Gasteiger partial charge in [0.25, 0.3) is 0 Å². The van der Waals surface area contributed by atoms with Crippen molar-refractivity contribution in [2.24, 2.45) is 0 Å². The second-order valence-electron chi connectivity index (χ2n) is 4.87. The Bertz CT molecular complexity index is 623. The lowest BCUT2D eigenvalue weighted by molar-refractivity contribution is -0.274. The van der Waals surface area contributed by atoms with Gasteiger partial charge in [0.15, 0.2) is 0 Å². The molecule has 0 aliphatic carbocycles. The third-order valence-corrected chi connectivity index (χ3v) is 3.01. The fourth-order valence-electron chi connectivity index (χ4n) is 1.98. The van der Waals surface area contributed by atoms with Crippen LogP contribution in [0.5, 0.6) is 5.75 Å². The van der Waals surface area contributed by atoms with Gasteiger partial charge in [-0.15, -0.1) is 13.2 Å². The van der Waals surface area contributed by atoms with Crippen LogP contribution in [0, 0.1) is 13.8 Å². The summed E-state index contributed by atoms with van der Waals surface area (Å²) in [6.45, 7) is 4.40. The van der Waals surface area contributed by atoms with Gasteiger partial charge in [0.1, 0.15) is 5.75 Å². The SMILES string of the molecule is Cc1ccc(C)c(NCc2cccc(OC(F)(F)F)c2)c1. The van der Waals surface area contributed by atoms with Gasteiger partial charge in [0.05, 0.1) is 0 Å². The number of ether oxygens (including phenoxy) is 1. The number of rotatable bonds is 4. The number of hydrogen-bond acceptors (Lipinski definition) is 2. The molecule has 0 amide bonds. The number of alkyl halides is 3. The molecule has 0 aliphatic heterocycles. The molecule has 0 fully saturated rings. The molecular formula is C16H16F3NO. The van der Waals surface area contributed by atoms with Crippen molar-refractivity contribution in [3.63, 3.8) is 0 Å². The molecule has 0 spiro atoms. The van der Waals surface area contributed by atoms with Crippen molar-refractivity contribution in [1.82, 2.24) is 0 Å². The largest absolute Gasteiger partial charge is 0.573 e. The van der Waals surface area contributed by atoms with Crippen LogP contribution in [0.3, 0.4) is 0 Å². The first-order chi connectivity index (χ1) is 9.83. The minimum Gasteiger partial charge on any atom is -0.406 e. The van der Waals surface area contributed by atoms with E-state index < -0.39 is 6.36 Å². The third kappa shape index (κ3) is 4.70. The molecule has 0 atom stereocenters. The number of halogens is 3. The molecule has 0 radical (unpaired) electrons. The topological polar surface area (TPSA) is 21.3 Å². The van der Waals surface area contributed by atoms with E-state index in [1.807, 2.05) is 32.0 Å². The Hall–Kier alpha value is -2.17. The van der Waals surface area contributed by atoms with Crippen molar-refractivity contribution < 1.29 is 17.9 Å². The van der Waals surface area contributed by atoms with Crippen LogP contribution in [0.1, 0.15) is 16.7 Å². The van der Waals surface area contributed by atoms with Crippen molar-refractivity contribution in [3.05, 3.63) is 59.2 Å². The first-order valence-electron chi connectivity index (χ1n) is 6.49. The standard InChI is InChI=1S/C16H16F3NO/c1-11-6-7-12(2)15(8-11)20-10-13-4-3-5-14(9-13)21-16(17,18)19/h3-9,20H,10H2,1-2H3. The Labute approximate surface area is 121 Å². The summed E-state index contributed by atoms with van der Waals surface area (Å²) in [5, 5.41) is 3.22. The van der Waals surface area contributed by atoms with Crippen LogP contribution in [-0.2, 0) is 6.54 Å². The van der Waals surface area contributed by atoms with Gasteiger partial charge in [-0.25, -0.2) is 0 Å². The fraction of sp³-hybridized carbons (Fsp3) is 0.250. The monoisotopic (exact) mass is 295 g/mol. The van der Waals surface area contributed by atoms with Crippen LogP contribution >= 0.6 is 0 Å². The van der Waals surface area contributed by atoms with Gasteiger partial charge in [-0.1, -0.05) is 24.3 Å². The molecule has 2 rings (SSSR count). The molecule has 0 unspecified atom stereocenters. The van der Waals surface area contributed by atoms with Crippen molar-refractivity contribution in [2.45, 2.75) is 26.8 Å². The van der Waals surface area contributed by atoms with E-state index in [0.29, 0.717) is 6.54 Å². The van der Waals surface area contributed by atoms with Crippen molar-refractivity contribution in [1.29, 1.82) is 0 Å². The predicted octanol–water partition coefficient (Wildman–Crippen LogP) is 4.81. The van der Waals surface area contributed by atoms with Gasteiger partial charge in [-0.2, -0.15) is 0 Å². The number of nitrogens with one attached hydrogen (secondary N) is 1. The van der Waals surface area contributed by atoms with Crippen molar-refractivity contribution in [2.75, 3.05) is 5.32 Å². The summed E-state index contributed by atoms with van der Waals surface area (Å²) < 4.78 is 40.5. The molecule has 0 bridgehead atoms. The molecule has 0 heterocycles. The molecular weight excluding hydrogens is 279 g/mol. The zero-order valence-corrected chi connectivity index (χ0v) is 11.8. The van der Waals surface area contributed by atoms with Crippen molar-refractivity contribution in [3.8, 4) is 5.75 Å². The molecule has 21 heavy (non-hydrogen) atoms. The fourth-order valence-corrected chi connectivity index (χ4v) is 1.98. The number of aryl methyl sites for hydroxylation is 2. The Balaban J connectivity index is 2.06. The zero-order chi connectivity index (χ0) is 15.5. The van der Waals surface area contributed by atoms with Gasteiger partial charge in [-0.05, 0) is 48.7 Å². The highest BCUT2D eigenvalue weighted by Gasteiger charge is 2.31. The van der Waals surface area contributed by atoms with E-state index in [1.165, 1.54) is 12.1 Å². The van der Waals surface area contributed by atoms with Gasteiger partial charge in [-0.3, -0.25) is 0 Å². The van der Waals surface area contributed by atoms with Gasteiger partial charge >= 0.3 is 6.36 Å². The summed E-state index contributed by atoms with van der Waals surface area (Å²) in [4.78, 5) is 0. The molecule has 112 valence electrons. The molecule has 2 aromatic rings. The molecule has 2 nitrogen and oxygen atoms in total. The van der Waals surface area contributed by atoms with E-state index in [0.717, 1.165) is 22.4 Å². The summed E-state index contributed by atoms with van der Waals surface area (Å²) in [7, 11) is 0. The normalized spacial score (nSPS) is 11.3. The maximum atomic E-state index is 12.2. The predicted molar refractivity (Wildman–Crippen MR) is 76.4 cm³/mol. The van der Waals surface area contributed by atoms with Crippen LogP contribution in [-0.4, -0.2) is 6.36 Å². The second kappa shape index (κ2) is 6.08. The van der Waals surface area contributed by atoms with E-state index >= 15 is 0 Å². The summed E-state index contributed by atoms with van der Waals surface area (Å²) in [6.07, 6.45) is -4.67. The lowest BCUT2D eigenvalue weighted by Crippen LogP contribution is -2.17. The molecule has 0 saturated heterocycles. The lowest BCUT2D eigenvalue weighted by Gasteiger charge is -2.12. The van der Waals surface area contributed by atoms with E-state index in [-0.39, 0.29) is 5.75 Å². The van der Waals surface area contributed by atoms with Crippen molar-refractivity contribution >= 4 is 5.69 Å². The van der Waals surface area contributed by atoms with Gasteiger partial charge in [0, 0.05) is 12.2 Å². The smallest absolute Gasteiger partial charge is 0.406 e. The third-order valence-electron chi connectivity index (χ3n) is 3.01. The highest BCUT2D eigenvalue weighted by molar-refractivity contribution is 5.52. The molecule has 0 saturated carbocycles. The first-order valence-corrected chi connectivity index (χ1v) is 6.49. The summed E-state index contributed by atoms with van der Waals surface area (Å²) in [5.41, 5.74) is 3.90. The molecule has 2 aromatic carbocycles. The molecule has 1 N–H and O–H groups in total. The Morgan fingerprint density at radius 1 is 1.05 bits per heavy atom. The lowest BCUT2D eigenvalue weighted by atomic mass is 10.1. The van der Waals surface area contributed by atoms with E-state index in [2.05, 4.69) is 10.1 Å². The Morgan fingerprint density at radius 3 is 2.52 bits per heavy atom. The summed E-state index contributed by atoms with van der Waals surface area (Å²) in [5.74, 6) is -0.206. The average Bonchev–Trinajstić information content (AvgIpc) is 2.38. The van der Waals surface area contributed by atoms with Crippen LogP contribution in [0.25, 0.3) is 0 Å².